The van der Waals surface area contributed by atoms with Gasteiger partial charge in [0.05, 0.1) is 23.7 Å². The third-order valence-electron chi connectivity index (χ3n) is 1.79. The third-order valence-corrected chi connectivity index (χ3v) is 2.40. The van der Waals surface area contributed by atoms with Crippen molar-refractivity contribution in [2.45, 2.75) is 6.42 Å². The molecule has 5 heteroatoms. The van der Waals surface area contributed by atoms with Crippen LogP contribution in [0.1, 0.15) is 5.56 Å². The van der Waals surface area contributed by atoms with Gasteiger partial charge in [0.2, 0.25) is 0 Å². The van der Waals surface area contributed by atoms with Gasteiger partial charge in [-0.3, -0.25) is 4.79 Å². The summed E-state index contributed by atoms with van der Waals surface area (Å²) in [4.78, 5) is 10.9. The molecule has 0 heterocycles. The van der Waals surface area contributed by atoms with Gasteiger partial charge in [0.25, 0.3) is 0 Å². The first kappa shape index (κ1) is 11.0. The predicted octanol–water partition coefficient (Wildman–Crippen LogP) is 1.89. The molecular formula is C9H9BrFNO2. The van der Waals surface area contributed by atoms with Gasteiger partial charge in [-0.05, 0) is 27.6 Å². The first-order chi connectivity index (χ1) is 6.56. The summed E-state index contributed by atoms with van der Waals surface area (Å²) in [7, 11) is 1.27. The lowest BCUT2D eigenvalue weighted by Crippen LogP contribution is -2.08. The van der Waals surface area contributed by atoms with E-state index in [0.29, 0.717) is 5.56 Å². The Morgan fingerprint density at radius 2 is 2.29 bits per heavy atom. The van der Waals surface area contributed by atoms with Crippen LogP contribution in [-0.2, 0) is 16.0 Å². The van der Waals surface area contributed by atoms with Crippen LogP contribution in [0.15, 0.2) is 16.6 Å². The molecule has 0 aromatic heterocycles. The molecule has 76 valence electrons. The third kappa shape index (κ3) is 2.23. The van der Waals surface area contributed by atoms with Crippen molar-refractivity contribution in [2.75, 3.05) is 12.8 Å². The van der Waals surface area contributed by atoms with E-state index in [1.165, 1.54) is 13.2 Å². The zero-order valence-electron chi connectivity index (χ0n) is 7.51. The van der Waals surface area contributed by atoms with Gasteiger partial charge < -0.3 is 10.5 Å². The second-order valence-corrected chi connectivity index (χ2v) is 3.54. The van der Waals surface area contributed by atoms with Gasteiger partial charge in [-0.1, -0.05) is 6.07 Å². The molecule has 2 N–H and O–H groups in total. The Morgan fingerprint density at radius 3 is 2.86 bits per heavy atom. The average molecular weight is 262 g/mol. The fourth-order valence-electron chi connectivity index (χ4n) is 0.988. The summed E-state index contributed by atoms with van der Waals surface area (Å²) in [5.74, 6) is -0.996. The van der Waals surface area contributed by atoms with E-state index >= 15 is 0 Å². The predicted molar refractivity (Wildman–Crippen MR) is 54.2 cm³/mol. The Morgan fingerprint density at radius 1 is 1.64 bits per heavy atom. The maximum Gasteiger partial charge on any atom is 0.310 e. The smallest absolute Gasteiger partial charge is 0.310 e. The number of anilines is 1. The number of rotatable bonds is 2. The fraction of sp³-hybridized carbons (Fsp3) is 0.222. The number of methoxy groups -OCH3 is 1. The lowest BCUT2D eigenvalue weighted by molar-refractivity contribution is -0.139. The molecule has 0 bridgehead atoms. The second-order valence-electron chi connectivity index (χ2n) is 2.69. The molecule has 14 heavy (non-hydrogen) atoms. The monoisotopic (exact) mass is 261 g/mol. The molecule has 0 aliphatic heterocycles. The Balaban J connectivity index is 3.00. The van der Waals surface area contributed by atoms with Gasteiger partial charge >= 0.3 is 5.97 Å². The molecule has 0 aliphatic carbocycles. The van der Waals surface area contributed by atoms with Crippen molar-refractivity contribution in [2.24, 2.45) is 0 Å². The summed E-state index contributed by atoms with van der Waals surface area (Å²) in [6.45, 7) is 0. The summed E-state index contributed by atoms with van der Waals surface area (Å²) in [5, 5.41) is 0. The van der Waals surface area contributed by atoms with Gasteiger partial charge in [0, 0.05) is 0 Å². The minimum Gasteiger partial charge on any atom is -0.469 e. The second kappa shape index (κ2) is 4.41. The summed E-state index contributed by atoms with van der Waals surface area (Å²) in [5.41, 5.74) is 5.88. The van der Waals surface area contributed by atoms with E-state index in [9.17, 15) is 9.18 Å². The number of hydrogen-bond donors (Lipinski definition) is 1. The number of halogens is 2. The number of carbonyl (C=O) groups excluding carboxylic acids is 1. The molecule has 0 unspecified atom stereocenters. The van der Waals surface area contributed by atoms with Gasteiger partial charge in [0.1, 0.15) is 0 Å². The first-order valence-electron chi connectivity index (χ1n) is 3.85. The SMILES string of the molecule is COC(=O)Cc1ccc(Br)c(F)c1N. The molecule has 0 saturated carbocycles. The standard InChI is InChI=1S/C9H9BrFNO2/c1-14-7(13)4-5-2-3-6(10)8(11)9(5)12/h2-3H,4,12H2,1H3. The molecule has 0 fully saturated rings. The van der Waals surface area contributed by atoms with Crippen molar-refractivity contribution in [3.63, 3.8) is 0 Å². The van der Waals surface area contributed by atoms with Gasteiger partial charge in [0.15, 0.2) is 5.82 Å². The number of ether oxygens (including phenoxy) is 1. The van der Waals surface area contributed by atoms with Crippen LogP contribution in [0.2, 0.25) is 0 Å². The Hall–Kier alpha value is -1.10. The van der Waals surface area contributed by atoms with E-state index < -0.39 is 11.8 Å². The van der Waals surface area contributed by atoms with Gasteiger partial charge in [-0.25, -0.2) is 4.39 Å². The molecular weight excluding hydrogens is 253 g/mol. The van der Waals surface area contributed by atoms with E-state index in [1.807, 2.05) is 0 Å². The Kier molecular flexibility index (Phi) is 3.46. The van der Waals surface area contributed by atoms with Crippen molar-refractivity contribution in [3.05, 3.63) is 28.0 Å². The summed E-state index contributed by atoms with van der Waals surface area (Å²) >= 11 is 2.99. The highest BCUT2D eigenvalue weighted by Gasteiger charge is 2.11. The van der Waals surface area contributed by atoms with Crippen LogP contribution >= 0.6 is 15.9 Å². The zero-order valence-corrected chi connectivity index (χ0v) is 9.10. The van der Waals surface area contributed by atoms with E-state index in [-0.39, 0.29) is 16.6 Å². The molecule has 0 amide bonds. The average Bonchev–Trinajstić information content (AvgIpc) is 2.19. The van der Waals surface area contributed by atoms with Crippen LogP contribution in [-0.4, -0.2) is 13.1 Å². The van der Waals surface area contributed by atoms with Crippen LogP contribution in [0.5, 0.6) is 0 Å². The molecule has 1 rings (SSSR count). The van der Waals surface area contributed by atoms with Crippen LogP contribution in [0.4, 0.5) is 10.1 Å². The summed E-state index contributed by atoms with van der Waals surface area (Å²) in [6, 6.07) is 3.09. The number of hydrogen-bond acceptors (Lipinski definition) is 3. The highest BCUT2D eigenvalue weighted by atomic mass is 79.9. The molecule has 0 spiro atoms. The summed E-state index contributed by atoms with van der Waals surface area (Å²) < 4.78 is 18.0. The van der Waals surface area contributed by atoms with Crippen LogP contribution in [0, 0.1) is 5.82 Å². The van der Waals surface area contributed by atoms with E-state index in [0.717, 1.165) is 0 Å². The maximum absolute atomic E-state index is 13.2. The molecule has 0 atom stereocenters. The quantitative estimate of drug-likeness (QED) is 0.654. The van der Waals surface area contributed by atoms with Crippen LogP contribution in [0.25, 0.3) is 0 Å². The minimum atomic E-state index is -0.550. The number of esters is 1. The van der Waals surface area contributed by atoms with Crippen molar-refractivity contribution in [3.8, 4) is 0 Å². The summed E-state index contributed by atoms with van der Waals surface area (Å²) in [6.07, 6.45) is -0.0213. The number of nitrogens with two attached hydrogens (primary N) is 1. The van der Waals surface area contributed by atoms with E-state index in [1.54, 1.807) is 6.07 Å². The zero-order chi connectivity index (χ0) is 10.7. The van der Waals surface area contributed by atoms with Crippen molar-refractivity contribution >= 4 is 27.6 Å². The lowest BCUT2D eigenvalue weighted by atomic mass is 10.1. The maximum atomic E-state index is 13.2. The molecule has 0 aliphatic rings. The highest BCUT2D eigenvalue weighted by Crippen LogP contribution is 2.24. The van der Waals surface area contributed by atoms with Crippen LogP contribution < -0.4 is 5.73 Å². The first-order valence-corrected chi connectivity index (χ1v) is 4.64. The Labute approximate surface area is 89.2 Å². The molecule has 3 nitrogen and oxygen atoms in total. The molecule has 0 saturated heterocycles. The Bertz CT molecular complexity index is 368. The minimum absolute atomic E-state index is 0.0213. The normalized spacial score (nSPS) is 9.93. The fourth-order valence-corrected chi connectivity index (χ4v) is 1.33. The highest BCUT2D eigenvalue weighted by molar-refractivity contribution is 9.10. The molecule has 1 aromatic carbocycles. The van der Waals surface area contributed by atoms with E-state index in [4.69, 9.17) is 5.73 Å². The van der Waals surface area contributed by atoms with Crippen molar-refractivity contribution < 1.29 is 13.9 Å². The van der Waals surface area contributed by atoms with E-state index in [2.05, 4.69) is 20.7 Å². The van der Waals surface area contributed by atoms with Crippen molar-refractivity contribution in [1.82, 2.24) is 0 Å². The van der Waals surface area contributed by atoms with Gasteiger partial charge in [-0.2, -0.15) is 0 Å². The number of benzene rings is 1. The van der Waals surface area contributed by atoms with Crippen molar-refractivity contribution in [1.29, 1.82) is 0 Å². The largest absolute Gasteiger partial charge is 0.469 e. The molecule has 0 radical (unpaired) electrons. The lowest BCUT2D eigenvalue weighted by Gasteiger charge is -2.06. The molecule has 1 aromatic rings. The number of carbonyl (C=O) groups is 1. The number of nitrogen functional groups attached to an aromatic ring is 1. The van der Waals surface area contributed by atoms with Crippen LogP contribution in [0.3, 0.4) is 0 Å². The topological polar surface area (TPSA) is 52.3 Å². The van der Waals surface area contributed by atoms with Gasteiger partial charge in [-0.15, -0.1) is 0 Å².